The van der Waals surface area contributed by atoms with Gasteiger partial charge >= 0.3 is 6.09 Å². The third-order valence-electron chi connectivity index (χ3n) is 3.31. The van der Waals surface area contributed by atoms with Gasteiger partial charge in [-0.05, 0) is 18.8 Å². The summed E-state index contributed by atoms with van der Waals surface area (Å²) < 4.78 is 4.79. The van der Waals surface area contributed by atoms with Crippen molar-refractivity contribution in [1.29, 1.82) is 0 Å². The maximum absolute atomic E-state index is 11.9. The van der Waals surface area contributed by atoms with E-state index in [0.717, 1.165) is 25.9 Å². The van der Waals surface area contributed by atoms with Crippen molar-refractivity contribution in [1.82, 2.24) is 9.80 Å². The molecule has 0 radical (unpaired) electrons. The predicted octanol–water partition coefficient (Wildman–Crippen LogP) is 0.697. The lowest BCUT2D eigenvalue weighted by Crippen LogP contribution is -2.44. The fourth-order valence-corrected chi connectivity index (χ4v) is 2.09. The fraction of sp³-hybridized carbons (Fsp3) is 0.818. The van der Waals surface area contributed by atoms with Gasteiger partial charge in [0, 0.05) is 13.1 Å². The highest BCUT2D eigenvalue weighted by molar-refractivity contribution is 5.82. The number of carbonyl (C=O) groups excluding carboxylic acids is 2. The van der Waals surface area contributed by atoms with Crippen molar-refractivity contribution in [2.75, 3.05) is 32.8 Å². The first kappa shape index (κ1) is 11.2. The smallest absolute Gasteiger partial charge is 0.410 e. The van der Waals surface area contributed by atoms with E-state index in [1.165, 1.54) is 4.90 Å². The summed E-state index contributed by atoms with van der Waals surface area (Å²) in [6.07, 6.45) is 1.77. The Bertz CT molecular complexity index is 285. The van der Waals surface area contributed by atoms with Gasteiger partial charge in [-0.15, -0.1) is 0 Å². The molecule has 2 rings (SSSR count). The maximum atomic E-state index is 11.9. The van der Waals surface area contributed by atoms with Gasteiger partial charge in [-0.1, -0.05) is 6.92 Å². The van der Waals surface area contributed by atoms with Gasteiger partial charge < -0.3 is 9.64 Å². The van der Waals surface area contributed by atoms with E-state index in [9.17, 15) is 9.59 Å². The molecule has 2 amide bonds. The van der Waals surface area contributed by atoms with E-state index >= 15 is 0 Å². The summed E-state index contributed by atoms with van der Waals surface area (Å²) in [6, 6.07) is 0. The van der Waals surface area contributed by atoms with E-state index in [2.05, 4.69) is 6.92 Å². The molecule has 0 saturated carbocycles. The zero-order valence-electron chi connectivity index (χ0n) is 9.65. The van der Waals surface area contributed by atoms with Gasteiger partial charge in [0.25, 0.3) is 0 Å². The Morgan fingerprint density at radius 3 is 2.62 bits per heavy atom. The normalized spacial score (nSPS) is 22.4. The summed E-state index contributed by atoms with van der Waals surface area (Å²) in [7, 11) is 0. The highest BCUT2D eigenvalue weighted by atomic mass is 16.6. The lowest BCUT2D eigenvalue weighted by molar-refractivity contribution is -0.133. The minimum absolute atomic E-state index is 0.0470. The van der Waals surface area contributed by atoms with Crippen LogP contribution in [-0.2, 0) is 9.53 Å². The lowest BCUT2D eigenvalue weighted by Gasteiger charge is -2.31. The van der Waals surface area contributed by atoms with E-state index in [1.807, 2.05) is 4.90 Å². The van der Waals surface area contributed by atoms with Gasteiger partial charge in [0.2, 0.25) is 5.91 Å². The first-order valence-corrected chi connectivity index (χ1v) is 5.86. The second-order valence-corrected chi connectivity index (χ2v) is 4.60. The van der Waals surface area contributed by atoms with Crippen molar-refractivity contribution >= 4 is 12.0 Å². The Labute approximate surface area is 95.3 Å². The average molecular weight is 226 g/mol. The molecule has 0 aromatic rings. The Morgan fingerprint density at radius 1 is 1.38 bits per heavy atom. The van der Waals surface area contributed by atoms with Crippen molar-refractivity contribution in [3.05, 3.63) is 0 Å². The number of likely N-dealkylation sites (tertiary alicyclic amines) is 1. The molecular weight excluding hydrogens is 208 g/mol. The summed E-state index contributed by atoms with van der Waals surface area (Å²) in [4.78, 5) is 26.4. The molecule has 5 heteroatoms. The number of nitrogens with zero attached hydrogens (tertiary/aromatic N) is 2. The summed E-state index contributed by atoms with van der Waals surface area (Å²) in [6.45, 7) is 4.97. The number of carbonyl (C=O) groups is 2. The van der Waals surface area contributed by atoms with Crippen LogP contribution in [0.15, 0.2) is 0 Å². The number of rotatable bonds is 2. The number of ether oxygens (including phenoxy) is 1. The van der Waals surface area contributed by atoms with Crippen LogP contribution in [0.1, 0.15) is 19.8 Å². The molecule has 16 heavy (non-hydrogen) atoms. The van der Waals surface area contributed by atoms with Crippen molar-refractivity contribution in [3.8, 4) is 0 Å². The minimum atomic E-state index is -0.362. The molecule has 2 aliphatic heterocycles. The SMILES string of the molecule is CC1CCN(C(=O)CN2CCOC2=O)CC1. The quantitative estimate of drug-likeness (QED) is 0.696. The van der Waals surface area contributed by atoms with E-state index in [1.54, 1.807) is 0 Å². The number of cyclic esters (lactones) is 1. The van der Waals surface area contributed by atoms with Crippen molar-refractivity contribution in [2.45, 2.75) is 19.8 Å². The van der Waals surface area contributed by atoms with Crippen LogP contribution in [0.2, 0.25) is 0 Å². The largest absolute Gasteiger partial charge is 0.448 e. The fourth-order valence-electron chi connectivity index (χ4n) is 2.09. The predicted molar refractivity (Wildman–Crippen MR) is 57.9 cm³/mol. The zero-order chi connectivity index (χ0) is 11.5. The van der Waals surface area contributed by atoms with Crippen LogP contribution in [0.3, 0.4) is 0 Å². The van der Waals surface area contributed by atoms with Crippen LogP contribution in [-0.4, -0.2) is 54.6 Å². The number of amides is 2. The second-order valence-electron chi connectivity index (χ2n) is 4.60. The molecular formula is C11H18N2O3. The Kier molecular flexibility index (Phi) is 3.31. The van der Waals surface area contributed by atoms with Gasteiger partial charge in [-0.2, -0.15) is 0 Å². The van der Waals surface area contributed by atoms with Crippen molar-refractivity contribution < 1.29 is 14.3 Å². The maximum Gasteiger partial charge on any atom is 0.410 e. The van der Waals surface area contributed by atoms with Gasteiger partial charge in [-0.25, -0.2) is 4.79 Å². The summed E-state index contributed by atoms with van der Waals surface area (Å²) in [5.41, 5.74) is 0. The third-order valence-corrected chi connectivity index (χ3v) is 3.31. The molecule has 0 atom stereocenters. The van der Waals surface area contributed by atoms with Crippen LogP contribution < -0.4 is 0 Å². The molecule has 2 aliphatic rings. The molecule has 90 valence electrons. The molecule has 2 fully saturated rings. The molecule has 0 aromatic heterocycles. The average Bonchev–Trinajstić information content (AvgIpc) is 2.65. The minimum Gasteiger partial charge on any atom is -0.448 e. The first-order valence-electron chi connectivity index (χ1n) is 5.86. The van der Waals surface area contributed by atoms with E-state index in [-0.39, 0.29) is 18.5 Å². The second kappa shape index (κ2) is 4.72. The van der Waals surface area contributed by atoms with E-state index < -0.39 is 0 Å². The topological polar surface area (TPSA) is 49.9 Å². The lowest BCUT2D eigenvalue weighted by atomic mass is 9.99. The summed E-state index contributed by atoms with van der Waals surface area (Å²) in [5.74, 6) is 0.756. The van der Waals surface area contributed by atoms with Gasteiger partial charge in [0.1, 0.15) is 13.2 Å². The van der Waals surface area contributed by atoms with Crippen LogP contribution >= 0.6 is 0 Å². The molecule has 5 nitrogen and oxygen atoms in total. The van der Waals surface area contributed by atoms with Crippen LogP contribution in [0.25, 0.3) is 0 Å². The molecule has 0 N–H and O–H groups in total. The van der Waals surface area contributed by atoms with Gasteiger partial charge in [-0.3, -0.25) is 9.69 Å². The van der Waals surface area contributed by atoms with Gasteiger partial charge in [0.05, 0.1) is 6.54 Å². The standard InChI is InChI=1S/C11H18N2O3/c1-9-2-4-12(5-3-9)10(14)8-13-6-7-16-11(13)15/h9H,2-8H2,1H3. The number of hydrogen-bond acceptors (Lipinski definition) is 3. The number of piperidine rings is 1. The van der Waals surface area contributed by atoms with E-state index in [0.29, 0.717) is 19.1 Å². The molecule has 0 unspecified atom stereocenters. The first-order chi connectivity index (χ1) is 7.66. The highest BCUT2D eigenvalue weighted by Crippen LogP contribution is 2.16. The van der Waals surface area contributed by atoms with Gasteiger partial charge in [0.15, 0.2) is 0 Å². The van der Waals surface area contributed by atoms with Crippen LogP contribution in [0.5, 0.6) is 0 Å². The Hall–Kier alpha value is -1.26. The van der Waals surface area contributed by atoms with Crippen LogP contribution in [0, 0.1) is 5.92 Å². The number of hydrogen-bond donors (Lipinski definition) is 0. The molecule has 0 spiro atoms. The highest BCUT2D eigenvalue weighted by Gasteiger charge is 2.27. The van der Waals surface area contributed by atoms with Crippen molar-refractivity contribution in [3.63, 3.8) is 0 Å². The van der Waals surface area contributed by atoms with E-state index in [4.69, 9.17) is 4.74 Å². The molecule has 0 aromatic carbocycles. The third kappa shape index (κ3) is 2.46. The molecule has 2 saturated heterocycles. The summed E-state index contributed by atoms with van der Waals surface area (Å²) in [5, 5.41) is 0. The Balaban J connectivity index is 1.81. The summed E-state index contributed by atoms with van der Waals surface area (Å²) >= 11 is 0. The molecule has 0 bridgehead atoms. The molecule has 0 aliphatic carbocycles. The zero-order valence-corrected chi connectivity index (χ0v) is 9.65. The monoisotopic (exact) mass is 226 g/mol. The van der Waals surface area contributed by atoms with Crippen molar-refractivity contribution in [2.24, 2.45) is 5.92 Å². The Morgan fingerprint density at radius 2 is 2.06 bits per heavy atom. The van der Waals surface area contributed by atoms with Crippen LogP contribution in [0.4, 0.5) is 4.79 Å². The molecule has 2 heterocycles.